The van der Waals surface area contributed by atoms with E-state index in [2.05, 4.69) is 45.0 Å². The Kier molecular flexibility index (Phi) is 3.55. The minimum atomic E-state index is -0.220. The molecule has 0 amide bonds. The normalized spacial score (nSPS) is 41.5. The Bertz CT molecular complexity index is 670. The highest BCUT2D eigenvalue weighted by atomic mass is 31.0. The molecule has 0 saturated heterocycles. The average molecular weight is 330 g/mol. The molecule has 6 unspecified atom stereocenters. The number of rotatable bonds is 2. The zero-order valence-electron chi connectivity index (χ0n) is 15.6. The third-order valence-electron chi connectivity index (χ3n) is 7.36. The number of fused-ring (bicyclic) bond motifs is 5. The summed E-state index contributed by atoms with van der Waals surface area (Å²) in [5.74, 6) is 4.04. The summed E-state index contributed by atoms with van der Waals surface area (Å²) in [6, 6.07) is 6.61. The Labute approximate surface area is 144 Å². The summed E-state index contributed by atoms with van der Waals surface area (Å²) in [7, 11) is -0.220. The Morgan fingerprint density at radius 3 is 3.04 bits per heavy atom. The molecule has 2 heteroatoms. The molecule has 0 N–H and O–H groups in total. The van der Waals surface area contributed by atoms with Crippen LogP contribution in [-0.4, -0.2) is 1.28 Å². The van der Waals surface area contributed by atoms with Gasteiger partial charge in [0.15, 0.2) is 0 Å². The van der Waals surface area contributed by atoms with Crippen molar-refractivity contribution in [3.05, 3.63) is 41.0 Å². The number of hydrogen-bond donors (Lipinski definition) is 0. The zero-order valence-corrected chi connectivity index (χ0v) is 15.6. The molecule has 0 radical (unpaired) electrons. The summed E-state index contributed by atoms with van der Waals surface area (Å²) >= 11 is 0. The molecule has 0 spiro atoms. The van der Waals surface area contributed by atoms with Gasteiger partial charge in [0.05, 0.1) is 10.7 Å². The second-order valence-electron chi connectivity index (χ2n) is 8.24. The van der Waals surface area contributed by atoms with E-state index in [0.29, 0.717) is 5.41 Å². The number of benzene rings is 1. The van der Waals surface area contributed by atoms with Gasteiger partial charge in [-0.25, -0.2) is 0 Å². The molecule has 4 rings (SSSR count). The van der Waals surface area contributed by atoms with Crippen molar-refractivity contribution in [1.82, 2.24) is 0 Å². The summed E-state index contributed by atoms with van der Waals surface area (Å²) < 4.78 is 12.8. The maximum atomic E-state index is 7.31. The summed E-state index contributed by atoms with van der Waals surface area (Å²) in [6.07, 6.45) is 8.96. The van der Waals surface area contributed by atoms with Gasteiger partial charge >= 0.3 is 0 Å². The first-order valence-corrected chi connectivity index (χ1v) is 9.61. The lowest BCUT2D eigenvalue weighted by Crippen LogP contribution is -2.43. The van der Waals surface area contributed by atoms with Crippen LogP contribution < -0.4 is 4.52 Å². The molecule has 124 valence electrons. The van der Waals surface area contributed by atoms with Gasteiger partial charge in [0.2, 0.25) is 0 Å². The molecule has 6 atom stereocenters. The molecular formula is C21H29OP. The summed E-state index contributed by atoms with van der Waals surface area (Å²) in [5, 5.41) is 0. The van der Waals surface area contributed by atoms with Crippen LogP contribution in [-0.2, 0) is 6.42 Å². The maximum absolute atomic E-state index is 7.31. The molecule has 0 bridgehead atoms. The van der Waals surface area contributed by atoms with Crippen LogP contribution in [0.25, 0.3) is 0 Å². The van der Waals surface area contributed by atoms with Gasteiger partial charge in [0, 0.05) is 0 Å². The predicted molar refractivity (Wildman–Crippen MR) is 99.7 cm³/mol. The van der Waals surface area contributed by atoms with E-state index in [9.17, 15) is 0 Å². The Morgan fingerprint density at radius 2 is 2.26 bits per heavy atom. The van der Waals surface area contributed by atoms with Crippen LogP contribution in [0.15, 0.2) is 29.8 Å². The number of allylic oxidation sites excluding steroid dienone is 2. The minimum absolute atomic E-state index is 0.220. The Balaban J connectivity index is 1.70. The molecular weight excluding hydrogens is 299 g/mol. The van der Waals surface area contributed by atoms with Crippen LogP contribution in [0.2, 0.25) is 0 Å². The SMILES string of the molecule is [3H]POc1ccc2c(c1)CC(C)C1C2CCC2(C)/C(=C/C)CCC12. The van der Waals surface area contributed by atoms with Gasteiger partial charge in [-0.05, 0) is 91.4 Å². The van der Waals surface area contributed by atoms with Crippen LogP contribution in [0.1, 0.15) is 63.5 Å². The molecule has 2 fully saturated rings. The molecule has 0 aromatic heterocycles. The van der Waals surface area contributed by atoms with Crippen molar-refractivity contribution < 1.29 is 4.52 Å². The third-order valence-corrected chi connectivity index (χ3v) is 7.60. The molecule has 1 nitrogen and oxygen atoms in total. The lowest BCUT2D eigenvalue weighted by Gasteiger charge is -2.52. The maximum Gasteiger partial charge on any atom is 0.122 e. The van der Waals surface area contributed by atoms with Gasteiger partial charge in [-0.1, -0.05) is 31.6 Å². The van der Waals surface area contributed by atoms with Crippen LogP contribution in [0.3, 0.4) is 0 Å². The molecule has 1 aromatic carbocycles. The van der Waals surface area contributed by atoms with Crippen molar-refractivity contribution in [2.75, 3.05) is 0 Å². The lowest BCUT2D eigenvalue weighted by atomic mass is 9.52. The highest BCUT2D eigenvalue weighted by molar-refractivity contribution is 7.10. The molecule has 2 saturated carbocycles. The van der Waals surface area contributed by atoms with Gasteiger partial charge in [0.1, 0.15) is 5.75 Å². The van der Waals surface area contributed by atoms with E-state index in [1.807, 2.05) is 0 Å². The zero-order chi connectivity index (χ0) is 16.9. The molecule has 0 heterocycles. The van der Waals surface area contributed by atoms with Gasteiger partial charge in [0.25, 0.3) is 0 Å². The quantitative estimate of drug-likeness (QED) is 0.484. The topological polar surface area (TPSA) is 9.23 Å². The fourth-order valence-electron chi connectivity index (χ4n) is 6.34. The molecule has 3 aliphatic carbocycles. The van der Waals surface area contributed by atoms with Crippen molar-refractivity contribution in [3.8, 4) is 5.75 Å². The van der Waals surface area contributed by atoms with E-state index >= 15 is 0 Å². The Hall–Kier alpha value is -0.810. The average Bonchev–Trinajstić information content (AvgIpc) is 2.91. The lowest BCUT2D eigenvalue weighted by molar-refractivity contribution is 0.0490. The molecule has 23 heavy (non-hydrogen) atoms. The third kappa shape index (κ3) is 2.23. The second-order valence-corrected chi connectivity index (χ2v) is 8.45. The summed E-state index contributed by atoms with van der Waals surface area (Å²) in [6.45, 7) is 7.26. The monoisotopic (exact) mass is 330 g/mol. The van der Waals surface area contributed by atoms with Gasteiger partial charge in [-0.15, -0.1) is 0 Å². The number of hydrogen-bond acceptors (Lipinski definition) is 1. The van der Waals surface area contributed by atoms with Crippen molar-refractivity contribution in [2.24, 2.45) is 23.2 Å². The minimum Gasteiger partial charge on any atom is -0.480 e. The standard InChI is InChI=1S/C21H29OP/c1-4-15-5-8-19-20-13(2)11-14-12-16(22-23)6-7-17(14)18(20)9-10-21(15,19)3/h4,6-7,12-13,18-20H,5,8-11,23H2,1-3H3/b15-4+/i23T. The van der Waals surface area contributed by atoms with E-state index in [0.717, 1.165) is 29.4 Å². The van der Waals surface area contributed by atoms with Crippen LogP contribution in [0, 0.1) is 23.2 Å². The fraction of sp³-hybridized carbons (Fsp3) is 0.619. The molecule has 3 aliphatic rings. The van der Waals surface area contributed by atoms with E-state index in [1.54, 1.807) is 11.1 Å². The van der Waals surface area contributed by atoms with Crippen molar-refractivity contribution in [1.29, 1.82) is 1.28 Å². The Morgan fingerprint density at radius 1 is 1.39 bits per heavy atom. The highest BCUT2D eigenvalue weighted by Crippen LogP contribution is 2.63. The van der Waals surface area contributed by atoms with Crippen LogP contribution in [0.4, 0.5) is 0 Å². The second kappa shape index (κ2) is 5.62. The first kappa shape index (κ1) is 14.5. The highest BCUT2D eigenvalue weighted by Gasteiger charge is 2.53. The fourth-order valence-corrected chi connectivity index (χ4v) is 6.47. The van der Waals surface area contributed by atoms with Gasteiger partial charge in [-0.3, -0.25) is 0 Å². The van der Waals surface area contributed by atoms with Crippen molar-refractivity contribution in [3.63, 3.8) is 0 Å². The largest absolute Gasteiger partial charge is 0.480 e. The first-order chi connectivity index (χ1) is 11.6. The van der Waals surface area contributed by atoms with E-state index < -0.39 is 0 Å². The molecule has 1 aromatic rings. The van der Waals surface area contributed by atoms with Gasteiger partial charge < -0.3 is 4.52 Å². The predicted octanol–water partition coefficient (Wildman–Crippen LogP) is 5.90. The van der Waals surface area contributed by atoms with E-state index in [-0.39, 0.29) is 9.41 Å². The van der Waals surface area contributed by atoms with Gasteiger partial charge in [-0.2, -0.15) is 0 Å². The van der Waals surface area contributed by atoms with Crippen LogP contribution in [0.5, 0.6) is 5.75 Å². The molecule has 0 aliphatic heterocycles. The first-order valence-electron chi connectivity index (χ1n) is 9.70. The van der Waals surface area contributed by atoms with E-state index in [4.69, 9.17) is 5.80 Å². The van der Waals surface area contributed by atoms with Crippen molar-refractivity contribution >= 4 is 9.41 Å². The van der Waals surface area contributed by atoms with E-state index in [1.165, 1.54) is 37.7 Å². The van der Waals surface area contributed by atoms with Crippen LogP contribution >= 0.6 is 9.41 Å². The van der Waals surface area contributed by atoms with Crippen molar-refractivity contribution in [2.45, 2.75) is 58.8 Å². The summed E-state index contributed by atoms with van der Waals surface area (Å²) in [4.78, 5) is 0. The summed E-state index contributed by atoms with van der Waals surface area (Å²) in [5.41, 5.74) is 5.24. The smallest absolute Gasteiger partial charge is 0.122 e.